The van der Waals surface area contributed by atoms with Crippen LogP contribution in [0, 0.1) is 5.92 Å². The molecule has 1 aromatic heterocycles. The highest BCUT2D eigenvalue weighted by atomic mass is 16.4. The molecule has 0 aliphatic rings. The van der Waals surface area contributed by atoms with E-state index in [1.165, 1.54) is 19.3 Å². The van der Waals surface area contributed by atoms with Gasteiger partial charge < -0.3 is 15.7 Å². The topological polar surface area (TPSA) is 121 Å². The van der Waals surface area contributed by atoms with E-state index in [1.54, 1.807) is 13.8 Å². The Hall–Kier alpha value is -2.51. The van der Waals surface area contributed by atoms with E-state index in [1.807, 2.05) is 0 Å². The molecule has 0 spiro atoms. The second-order valence-corrected chi connectivity index (χ2v) is 4.47. The predicted molar refractivity (Wildman–Crippen MR) is 70.1 cm³/mol. The first kappa shape index (κ1) is 15.5. The summed E-state index contributed by atoms with van der Waals surface area (Å²) in [7, 11) is 0. The Morgan fingerprint density at radius 3 is 2.30 bits per heavy atom. The van der Waals surface area contributed by atoms with Gasteiger partial charge in [0.15, 0.2) is 11.5 Å². The molecular formula is C12H16N4O4. The van der Waals surface area contributed by atoms with Gasteiger partial charge in [0.25, 0.3) is 0 Å². The lowest BCUT2D eigenvalue weighted by atomic mass is 10.0. The zero-order chi connectivity index (χ0) is 15.3. The highest BCUT2D eigenvalue weighted by Crippen LogP contribution is 2.11. The molecule has 1 atom stereocenters. The summed E-state index contributed by atoms with van der Waals surface area (Å²) < 4.78 is 0. The van der Waals surface area contributed by atoms with E-state index >= 15 is 0 Å². The van der Waals surface area contributed by atoms with Gasteiger partial charge in [-0.25, -0.2) is 14.8 Å². The Morgan fingerprint density at radius 1 is 1.20 bits per heavy atom. The van der Waals surface area contributed by atoms with E-state index in [4.69, 9.17) is 5.11 Å². The lowest BCUT2D eigenvalue weighted by Gasteiger charge is -2.20. The van der Waals surface area contributed by atoms with Crippen LogP contribution in [0.25, 0.3) is 0 Å². The summed E-state index contributed by atoms with van der Waals surface area (Å²) in [5, 5.41) is 13.8. The highest BCUT2D eigenvalue weighted by molar-refractivity contribution is 6.00. The minimum Gasteiger partial charge on any atom is -0.476 e. The molecule has 0 fully saturated rings. The number of amides is 2. The average molecular weight is 280 g/mol. The van der Waals surface area contributed by atoms with E-state index in [-0.39, 0.29) is 23.3 Å². The first-order valence-electron chi connectivity index (χ1n) is 5.95. The molecule has 0 aliphatic heterocycles. The molecule has 0 radical (unpaired) electrons. The molecular weight excluding hydrogens is 264 g/mol. The van der Waals surface area contributed by atoms with Crippen molar-refractivity contribution in [3.8, 4) is 0 Å². The molecule has 1 unspecified atom stereocenters. The number of hydrogen-bond donors (Lipinski definition) is 3. The van der Waals surface area contributed by atoms with Crippen LogP contribution in [0.4, 0.5) is 5.82 Å². The zero-order valence-electron chi connectivity index (χ0n) is 11.4. The molecule has 0 aliphatic carbocycles. The summed E-state index contributed by atoms with van der Waals surface area (Å²) in [6.07, 6.45) is 2.48. The van der Waals surface area contributed by atoms with Crippen LogP contribution in [0.3, 0.4) is 0 Å². The number of nitrogens with one attached hydrogen (secondary N) is 2. The second kappa shape index (κ2) is 6.60. The van der Waals surface area contributed by atoms with Gasteiger partial charge in [0, 0.05) is 19.3 Å². The van der Waals surface area contributed by atoms with Crippen LogP contribution in [0.15, 0.2) is 12.4 Å². The minimum atomic E-state index is -1.30. The minimum absolute atomic E-state index is 0.152. The first-order chi connectivity index (χ1) is 9.32. The lowest BCUT2D eigenvalue weighted by molar-refractivity contribution is -0.126. The molecule has 1 rings (SSSR count). The molecule has 20 heavy (non-hydrogen) atoms. The van der Waals surface area contributed by atoms with Crippen molar-refractivity contribution in [2.45, 2.75) is 26.8 Å². The van der Waals surface area contributed by atoms with E-state index < -0.39 is 17.9 Å². The number of carbonyl (C=O) groups is 3. The third-order valence-corrected chi connectivity index (χ3v) is 2.45. The molecule has 1 aromatic rings. The molecule has 8 heteroatoms. The third-order valence-electron chi connectivity index (χ3n) is 2.45. The number of aromatic nitrogens is 2. The van der Waals surface area contributed by atoms with E-state index in [2.05, 4.69) is 20.6 Å². The summed E-state index contributed by atoms with van der Waals surface area (Å²) >= 11 is 0. The quantitative estimate of drug-likeness (QED) is 0.712. The number of nitrogens with zero attached hydrogens (tertiary/aromatic N) is 2. The Bertz CT molecular complexity index is 530. The second-order valence-electron chi connectivity index (χ2n) is 4.47. The summed E-state index contributed by atoms with van der Waals surface area (Å²) in [4.78, 5) is 41.5. The molecule has 0 saturated carbocycles. The van der Waals surface area contributed by atoms with Crippen LogP contribution in [0.5, 0.6) is 0 Å². The molecule has 1 heterocycles. The van der Waals surface area contributed by atoms with Gasteiger partial charge in [-0.3, -0.25) is 9.59 Å². The summed E-state index contributed by atoms with van der Waals surface area (Å²) in [6, 6.07) is -0.781. The predicted octanol–water partition coefficient (Wildman–Crippen LogP) is 0.274. The van der Waals surface area contributed by atoms with Crippen molar-refractivity contribution in [2.24, 2.45) is 5.92 Å². The van der Waals surface area contributed by atoms with Gasteiger partial charge in [0.05, 0.1) is 0 Å². The van der Waals surface area contributed by atoms with Crippen LogP contribution in [0.1, 0.15) is 31.3 Å². The van der Waals surface area contributed by atoms with Crippen molar-refractivity contribution >= 4 is 23.6 Å². The van der Waals surface area contributed by atoms with Crippen molar-refractivity contribution in [1.82, 2.24) is 15.3 Å². The fraction of sp³-hybridized carbons (Fsp3) is 0.417. The molecule has 0 bridgehead atoms. The van der Waals surface area contributed by atoms with E-state index in [9.17, 15) is 14.4 Å². The zero-order valence-corrected chi connectivity index (χ0v) is 11.4. The molecule has 2 amide bonds. The van der Waals surface area contributed by atoms with Gasteiger partial charge in [0.2, 0.25) is 11.8 Å². The van der Waals surface area contributed by atoms with Crippen molar-refractivity contribution in [3.05, 3.63) is 18.1 Å². The van der Waals surface area contributed by atoms with E-state index in [0.717, 1.165) is 0 Å². The number of carboxylic acids is 1. The van der Waals surface area contributed by atoms with Crippen molar-refractivity contribution in [3.63, 3.8) is 0 Å². The maximum absolute atomic E-state index is 12.1. The van der Waals surface area contributed by atoms with Gasteiger partial charge >= 0.3 is 5.97 Å². The van der Waals surface area contributed by atoms with Crippen LogP contribution in [0.2, 0.25) is 0 Å². The van der Waals surface area contributed by atoms with Gasteiger partial charge in [-0.05, 0) is 5.92 Å². The van der Waals surface area contributed by atoms with Gasteiger partial charge in [0.1, 0.15) is 6.04 Å². The summed E-state index contributed by atoms with van der Waals surface area (Å²) in [5.41, 5.74) is -0.355. The van der Waals surface area contributed by atoms with Crippen LogP contribution < -0.4 is 10.6 Å². The fourth-order valence-electron chi connectivity index (χ4n) is 1.53. The van der Waals surface area contributed by atoms with Crippen molar-refractivity contribution in [2.75, 3.05) is 5.32 Å². The standard InChI is InChI=1S/C12H16N4O4/c1-6(2)8(15-7(3)17)11(18)16-10-9(12(19)20)13-4-5-14-10/h4-6,8H,1-3H3,(H,15,17)(H,19,20)(H,14,16,18). The van der Waals surface area contributed by atoms with Gasteiger partial charge in [-0.1, -0.05) is 13.8 Å². The number of anilines is 1. The Kier molecular flexibility index (Phi) is 5.13. The van der Waals surface area contributed by atoms with Gasteiger partial charge in [-0.2, -0.15) is 0 Å². The largest absolute Gasteiger partial charge is 0.476 e. The molecule has 8 nitrogen and oxygen atoms in total. The van der Waals surface area contributed by atoms with Crippen LogP contribution in [-0.4, -0.2) is 38.9 Å². The normalized spacial score (nSPS) is 11.8. The average Bonchev–Trinajstić information content (AvgIpc) is 2.35. The molecule has 108 valence electrons. The number of aromatic carboxylic acids is 1. The van der Waals surface area contributed by atoms with E-state index in [0.29, 0.717) is 0 Å². The molecule has 0 aromatic carbocycles. The first-order valence-corrected chi connectivity index (χ1v) is 5.95. The van der Waals surface area contributed by atoms with Crippen LogP contribution in [-0.2, 0) is 9.59 Å². The smallest absolute Gasteiger partial charge is 0.358 e. The number of carboxylic acid groups (broad SMARTS) is 1. The Balaban J connectivity index is 2.94. The molecule has 3 N–H and O–H groups in total. The van der Waals surface area contributed by atoms with Crippen molar-refractivity contribution in [1.29, 1.82) is 0 Å². The maximum Gasteiger partial charge on any atom is 0.358 e. The van der Waals surface area contributed by atoms with Crippen LogP contribution >= 0.6 is 0 Å². The number of hydrogen-bond acceptors (Lipinski definition) is 5. The lowest BCUT2D eigenvalue weighted by Crippen LogP contribution is -2.46. The Morgan fingerprint density at radius 2 is 1.80 bits per heavy atom. The maximum atomic E-state index is 12.1. The highest BCUT2D eigenvalue weighted by Gasteiger charge is 2.25. The third kappa shape index (κ3) is 4.01. The Labute approximate surface area is 115 Å². The SMILES string of the molecule is CC(=O)NC(C(=O)Nc1nccnc1C(=O)O)C(C)C. The monoisotopic (exact) mass is 280 g/mol. The van der Waals surface area contributed by atoms with Gasteiger partial charge in [-0.15, -0.1) is 0 Å². The number of rotatable bonds is 5. The van der Waals surface area contributed by atoms with Crippen molar-refractivity contribution < 1.29 is 19.5 Å². The number of carbonyl (C=O) groups excluding carboxylic acids is 2. The fourth-order valence-corrected chi connectivity index (χ4v) is 1.53. The summed E-state index contributed by atoms with van der Waals surface area (Å²) in [5.74, 6) is -2.51. The summed E-state index contributed by atoms with van der Waals surface area (Å²) in [6.45, 7) is 4.82. The molecule has 0 saturated heterocycles.